The highest BCUT2D eigenvalue weighted by Gasteiger charge is 2.27. The molecular weight excluding hydrogens is 208 g/mol. The summed E-state index contributed by atoms with van der Waals surface area (Å²) in [5, 5.41) is 3.00. The number of nitrogens with two attached hydrogens (primary N) is 1. The third kappa shape index (κ3) is 2.77. The first kappa shape index (κ1) is 12.1. The lowest BCUT2D eigenvalue weighted by molar-refractivity contribution is -0.147. The maximum Gasteiger partial charge on any atom is 0.349 e. The van der Waals surface area contributed by atoms with Crippen molar-refractivity contribution in [1.82, 2.24) is 5.43 Å². The van der Waals surface area contributed by atoms with Crippen LogP contribution in [0, 0.1) is 5.53 Å². The topological polar surface area (TPSA) is 101 Å². The molecule has 0 spiro atoms. The Morgan fingerprint density at radius 1 is 1.50 bits per heavy atom. The Balaban J connectivity index is 2.86. The first-order chi connectivity index (χ1) is 7.70. The second kappa shape index (κ2) is 5.82. The average Bonchev–Trinajstić information content (AvgIpc) is 2.35. The summed E-state index contributed by atoms with van der Waals surface area (Å²) in [4.78, 5) is 15.5. The van der Waals surface area contributed by atoms with E-state index in [9.17, 15) is 4.79 Å². The Hall–Kier alpha value is -1.95. The average molecular weight is 222 g/mol. The van der Waals surface area contributed by atoms with E-state index in [1.165, 1.54) is 0 Å². The second-order valence-corrected chi connectivity index (χ2v) is 3.35. The monoisotopic (exact) mass is 222 g/mol. The highest BCUT2D eigenvalue weighted by atomic mass is 16.7. The van der Waals surface area contributed by atoms with E-state index in [2.05, 4.69) is 15.5 Å². The van der Waals surface area contributed by atoms with E-state index in [-0.39, 0.29) is 5.92 Å². The molecule has 1 aromatic rings. The Morgan fingerprint density at radius 2 is 2.12 bits per heavy atom. The second-order valence-electron chi connectivity index (χ2n) is 3.35. The molecule has 0 saturated carbocycles. The van der Waals surface area contributed by atoms with Gasteiger partial charge < -0.3 is 4.84 Å². The van der Waals surface area contributed by atoms with Crippen LogP contribution in [0.2, 0.25) is 0 Å². The fourth-order valence-corrected chi connectivity index (χ4v) is 1.46. The highest BCUT2D eigenvalue weighted by molar-refractivity contribution is 5.76. The van der Waals surface area contributed by atoms with Crippen molar-refractivity contribution in [1.29, 1.82) is 5.53 Å². The first-order valence-corrected chi connectivity index (χ1v) is 4.78. The van der Waals surface area contributed by atoms with Crippen LogP contribution in [0.5, 0.6) is 0 Å². The predicted molar refractivity (Wildman–Crippen MR) is 57.2 cm³/mol. The summed E-state index contributed by atoms with van der Waals surface area (Å²) in [5.41, 5.74) is 10.0. The zero-order valence-electron chi connectivity index (χ0n) is 8.88. The molecule has 1 unspecified atom stereocenters. The minimum absolute atomic E-state index is 0.189. The van der Waals surface area contributed by atoms with Gasteiger partial charge in [0.15, 0.2) is 6.04 Å². The van der Waals surface area contributed by atoms with E-state index in [0.29, 0.717) is 0 Å². The zero-order valence-corrected chi connectivity index (χ0v) is 8.88. The molecule has 16 heavy (non-hydrogen) atoms. The van der Waals surface area contributed by atoms with Gasteiger partial charge >= 0.3 is 5.97 Å². The van der Waals surface area contributed by atoms with Crippen molar-refractivity contribution in [3.05, 3.63) is 35.9 Å². The fourth-order valence-electron chi connectivity index (χ4n) is 1.46. The largest absolute Gasteiger partial charge is 0.372 e. The molecule has 0 aliphatic carbocycles. The van der Waals surface area contributed by atoms with Crippen LogP contribution in [0.4, 0.5) is 0 Å². The number of rotatable bonds is 5. The van der Waals surface area contributed by atoms with Gasteiger partial charge in [0.2, 0.25) is 0 Å². The molecule has 0 amide bonds. The van der Waals surface area contributed by atoms with Crippen LogP contribution >= 0.6 is 0 Å². The Kier molecular flexibility index (Phi) is 4.41. The molecule has 0 aliphatic heterocycles. The summed E-state index contributed by atoms with van der Waals surface area (Å²) >= 11 is 0. The third-order valence-electron chi connectivity index (χ3n) is 2.40. The Labute approximate surface area is 93.2 Å². The maximum atomic E-state index is 11.4. The molecule has 4 N–H and O–H groups in total. The van der Waals surface area contributed by atoms with Gasteiger partial charge in [-0.05, 0) is 5.56 Å². The van der Waals surface area contributed by atoms with E-state index >= 15 is 0 Å². The van der Waals surface area contributed by atoms with E-state index < -0.39 is 12.0 Å². The molecule has 0 aliphatic rings. The lowest BCUT2D eigenvalue weighted by Crippen LogP contribution is -2.40. The molecule has 0 radical (unpaired) electrons. The van der Waals surface area contributed by atoms with Gasteiger partial charge in [0, 0.05) is 5.92 Å². The summed E-state index contributed by atoms with van der Waals surface area (Å²) in [7, 11) is 0. The van der Waals surface area contributed by atoms with Crippen molar-refractivity contribution in [2.75, 3.05) is 0 Å². The normalized spacial score (nSPS) is 13.6. The Bertz CT molecular complexity index is 355. The van der Waals surface area contributed by atoms with Crippen LogP contribution in [0.3, 0.4) is 0 Å². The molecule has 2 atom stereocenters. The van der Waals surface area contributed by atoms with Gasteiger partial charge in [0.1, 0.15) is 0 Å². The van der Waals surface area contributed by atoms with Gasteiger partial charge in [0.05, 0.1) is 0 Å². The summed E-state index contributed by atoms with van der Waals surface area (Å²) in [6.45, 7) is 1.83. The quantitative estimate of drug-likeness (QED) is 0.513. The molecule has 0 saturated heterocycles. The van der Waals surface area contributed by atoms with Crippen LogP contribution in [-0.2, 0) is 9.63 Å². The fraction of sp³-hybridized carbons (Fsp3) is 0.300. The lowest BCUT2D eigenvalue weighted by Gasteiger charge is -2.20. The molecule has 1 aromatic carbocycles. The van der Waals surface area contributed by atoms with Gasteiger partial charge in [-0.25, -0.2) is 4.79 Å². The molecule has 6 heteroatoms. The summed E-state index contributed by atoms with van der Waals surface area (Å²) in [5.74, 6) is 3.99. The van der Waals surface area contributed by atoms with E-state index in [0.717, 1.165) is 5.56 Å². The van der Waals surface area contributed by atoms with Crippen molar-refractivity contribution in [3.63, 3.8) is 0 Å². The Morgan fingerprint density at radius 3 is 2.62 bits per heavy atom. The first-order valence-electron chi connectivity index (χ1n) is 4.78. The summed E-state index contributed by atoms with van der Waals surface area (Å²) in [6, 6.07) is 8.63. The van der Waals surface area contributed by atoms with Crippen molar-refractivity contribution >= 4 is 5.97 Å². The van der Waals surface area contributed by atoms with Crippen molar-refractivity contribution in [3.8, 4) is 0 Å². The van der Waals surface area contributed by atoms with E-state index in [1.54, 1.807) is 0 Å². The van der Waals surface area contributed by atoms with Crippen LogP contribution in [0.15, 0.2) is 35.6 Å². The number of carbonyl (C=O) groups is 1. The summed E-state index contributed by atoms with van der Waals surface area (Å²) < 4.78 is 0. The molecule has 6 nitrogen and oxygen atoms in total. The molecule has 86 valence electrons. The lowest BCUT2D eigenvalue weighted by atomic mass is 9.94. The van der Waals surface area contributed by atoms with Crippen LogP contribution in [0.1, 0.15) is 18.4 Å². The predicted octanol–water partition coefficient (Wildman–Crippen LogP) is 1.11. The van der Waals surface area contributed by atoms with Crippen molar-refractivity contribution in [2.45, 2.75) is 18.9 Å². The minimum Gasteiger partial charge on any atom is -0.372 e. The summed E-state index contributed by atoms with van der Waals surface area (Å²) in [6.07, 6.45) is 0. The number of hydrogen-bond donors (Lipinski definition) is 3. The number of nitrogens with zero attached hydrogens (tertiary/aromatic N) is 1. The van der Waals surface area contributed by atoms with Gasteiger partial charge in [0.25, 0.3) is 0 Å². The van der Waals surface area contributed by atoms with Crippen LogP contribution < -0.4 is 11.3 Å². The van der Waals surface area contributed by atoms with Crippen molar-refractivity contribution < 1.29 is 9.63 Å². The van der Waals surface area contributed by atoms with Gasteiger partial charge in [-0.1, -0.05) is 42.5 Å². The zero-order chi connectivity index (χ0) is 12.0. The number of carbonyl (C=O) groups excluding carboxylic acids is 1. The maximum absolute atomic E-state index is 11.4. The molecule has 0 heterocycles. The molecule has 0 bridgehead atoms. The van der Waals surface area contributed by atoms with E-state index in [1.807, 2.05) is 37.3 Å². The SMILES string of the molecule is CC(c1ccccc1)[C@H](NN=N)C(=O)ON. The number of nitrogens with one attached hydrogen (secondary N) is 2. The van der Waals surface area contributed by atoms with E-state index in [4.69, 9.17) is 11.4 Å². The smallest absolute Gasteiger partial charge is 0.349 e. The van der Waals surface area contributed by atoms with Crippen LogP contribution in [0.25, 0.3) is 0 Å². The third-order valence-corrected chi connectivity index (χ3v) is 2.40. The van der Waals surface area contributed by atoms with Gasteiger partial charge in [-0.15, -0.1) is 0 Å². The standard InChI is InChI=1S/C10H14N4O2/c1-7(8-5-3-2-4-6-8)9(13-14-11)10(15)16-12/h2-7,9H,12H2,1H3,(H2,11,13)/t7?,9-/m0/s1. The molecule has 0 fully saturated rings. The van der Waals surface area contributed by atoms with Gasteiger partial charge in [-0.2, -0.15) is 11.4 Å². The van der Waals surface area contributed by atoms with Gasteiger partial charge in [-0.3, -0.25) is 5.43 Å². The number of hydrogen-bond acceptors (Lipinski definition) is 5. The minimum atomic E-state index is -0.759. The number of benzene rings is 1. The highest BCUT2D eigenvalue weighted by Crippen LogP contribution is 2.19. The molecule has 0 aromatic heterocycles. The molecular formula is C10H14N4O2. The molecule has 1 rings (SSSR count). The van der Waals surface area contributed by atoms with Crippen LogP contribution in [-0.4, -0.2) is 12.0 Å². The van der Waals surface area contributed by atoms with Crippen molar-refractivity contribution in [2.24, 2.45) is 11.1 Å².